The van der Waals surface area contributed by atoms with E-state index in [-0.39, 0.29) is 44.6 Å². The van der Waals surface area contributed by atoms with Crippen LogP contribution in [0.25, 0.3) is 43.6 Å². The minimum absolute atomic E-state index is 0. The summed E-state index contributed by atoms with van der Waals surface area (Å²) in [6, 6.07) is 12.8. The molecule has 1 amide bonds. The van der Waals surface area contributed by atoms with Gasteiger partial charge in [-0.3, -0.25) is 9.59 Å². The van der Waals surface area contributed by atoms with Crippen LogP contribution in [0.4, 0.5) is 0 Å². The van der Waals surface area contributed by atoms with E-state index in [4.69, 9.17) is 9.47 Å². The molecule has 0 aliphatic carbocycles. The maximum atomic E-state index is 13.7. The first kappa shape index (κ1) is 24.2. The van der Waals surface area contributed by atoms with E-state index < -0.39 is 12.0 Å². The van der Waals surface area contributed by atoms with Gasteiger partial charge in [0.05, 0.1) is 29.2 Å². The van der Waals surface area contributed by atoms with E-state index in [2.05, 4.69) is 59.4 Å². The Bertz CT molecular complexity index is 1920. The Hall–Kier alpha value is -2.87. The quantitative estimate of drug-likeness (QED) is 0.195. The van der Waals surface area contributed by atoms with Crippen molar-refractivity contribution < 1.29 is 51.8 Å². The minimum Gasteiger partial charge on any atom is -0.491 e. The molecule has 0 N–H and O–H groups in total. The van der Waals surface area contributed by atoms with E-state index in [0.29, 0.717) is 18.9 Å². The van der Waals surface area contributed by atoms with Gasteiger partial charge in [-0.2, -0.15) is 0 Å². The standard InChI is InChI=1S/C30H26N3O4.Y/c1-14-6-8-20-16(10-14)24-25-18(13-31(4)28(25)34)23-17-11-15(2)7-9-21(17)33-27(23)26(24)32(20)22-12-19(29(35)36-5)30(33,3)37-22;/h6-11,22H,12-13H2,1-5H3;/q-1;. The van der Waals surface area contributed by atoms with E-state index in [1.54, 1.807) is 0 Å². The van der Waals surface area contributed by atoms with E-state index in [1.807, 2.05) is 18.9 Å². The SMILES string of the molecule is COC(=O)[C-]1CC2OC1(C)n1c3ccc(C)cc3c3c4c(c5c6cc(C)ccc6n2c5c31)C(=O)N(C)C4.[Y]. The molecule has 0 spiro atoms. The number of nitrogens with zero attached hydrogens (tertiary/aromatic N) is 3. The molecule has 3 aromatic carbocycles. The molecular weight excluding hydrogens is 555 g/mol. The van der Waals surface area contributed by atoms with Crippen LogP contribution in [0, 0.1) is 19.8 Å². The molecule has 5 heterocycles. The molecule has 1 radical (unpaired) electrons. The molecule has 7 nitrogen and oxygen atoms in total. The van der Waals surface area contributed by atoms with Gasteiger partial charge in [0.2, 0.25) is 0 Å². The predicted molar refractivity (Wildman–Crippen MR) is 141 cm³/mol. The first-order valence-electron chi connectivity index (χ1n) is 12.7. The number of esters is 1. The van der Waals surface area contributed by atoms with Crippen LogP contribution in [0.5, 0.6) is 0 Å². The number of fused-ring (bicyclic) bond motifs is 13. The Morgan fingerprint density at radius 3 is 2.39 bits per heavy atom. The molecule has 2 atom stereocenters. The van der Waals surface area contributed by atoms with Crippen LogP contribution in [0.2, 0.25) is 0 Å². The molecule has 189 valence electrons. The zero-order chi connectivity index (χ0) is 25.5. The van der Waals surface area contributed by atoms with Crippen molar-refractivity contribution >= 4 is 55.5 Å². The van der Waals surface area contributed by atoms with Crippen molar-refractivity contribution in [1.82, 2.24) is 14.0 Å². The van der Waals surface area contributed by atoms with Crippen LogP contribution in [-0.2, 0) is 59.2 Å². The maximum Gasteiger partial charge on any atom is 0.254 e. The van der Waals surface area contributed by atoms with Gasteiger partial charge in [0, 0.05) is 79.1 Å². The van der Waals surface area contributed by atoms with Gasteiger partial charge < -0.3 is 23.5 Å². The van der Waals surface area contributed by atoms with Crippen molar-refractivity contribution in [2.45, 2.75) is 45.7 Å². The second-order valence-corrected chi connectivity index (χ2v) is 10.9. The molecule has 1 fully saturated rings. The van der Waals surface area contributed by atoms with Crippen molar-refractivity contribution in [2.75, 3.05) is 14.2 Å². The van der Waals surface area contributed by atoms with Gasteiger partial charge in [-0.1, -0.05) is 23.3 Å². The summed E-state index contributed by atoms with van der Waals surface area (Å²) in [4.78, 5) is 28.7. The molecule has 8 rings (SSSR count). The van der Waals surface area contributed by atoms with Crippen LogP contribution in [0.1, 0.15) is 46.6 Å². The zero-order valence-corrected chi connectivity index (χ0v) is 24.8. The molecule has 3 aliphatic heterocycles. The molecule has 0 saturated carbocycles. The fourth-order valence-corrected chi connectivity index (χ4v) is 7.23. The Kier molecular flexibility index (Phi) is 4.85. The fraction of sp³-hybridized carbons (Fsp3) is 0.300. The third-order valence-corrected chi connectivity index (χ3v) is 8.77. The number of aryl methyl sites for hydroxylation is 2. The van der Waals surface area contributed by atoms with Gasteiger partial charge in [0.1, 0.15) is 6.23 Å². The monoisotopic (exact) mass is 581 g/mol. The number of hydrogen-bond donors (Lipinski definition) is 0. The first-order chi connectivity index (χ1) is 17.7. The summed E-state index contributed by atoms with van der Waals surface area (Å²) in [6.45, 7) is 6.68. The van der Waals surface area contributed by atoms with Crippen LogP contribution in [0.15, 0.2) is 36.4 Å². The molecule has 1 saturated heterocycles. The number of ether oxygens (including phenoxy) is 2. The molecule has 5 aromatic rings. The number of aromatic nitrogens is 2. The van der Waals surface area contributed by atoms with Gasteiger partial charge >= 0.3 is 0 Å². The zero-order valence-electron chi connectivity index (χ0n) is 22.0. The van der Waals surface area contributed by atoms with Crippen LogP contribution in [-0.4, -0.2) is 40.1 Å². The van der Waals surface area contributed by atoms with E-state index >= 15 is 0 Å². The molecular formula is C30H26N3O4Y-. The summed E-state index contributed by atoms with van der Waals surface area (Å²) in [5, 5.41) is 4.17. The largest absolute Gasteiger partial charge is 0.491 e. The fourth-order valence-electron chi connectivity index (χ4n) is 7.23. The number of carbonyl (C=O) groups excluding carboxylic acids is 2. The number of benzene rings is 3. The van der Waals surface area contributed by atoms with Gasteiger partial charge in [-0.15, -0.1) is 6.42 Å². The smallest absolute Gasteiger partial charge is 0.254 e. The summed E-state index contributed by atoms with van der Waals surface area (Å²) < 4.78 is 16.6. The predicted octanol–water partition coefficient (Wildman–Crippen LogP) is 5.46. The Labute approximate surface area is 244 Å². The van der Waals surface area contributed by atoms with E-state index in [0.717, 1.165) is 65.9 Å². The van der Waals surface area contributed by atoms with Gasteiger partial charge in [0.25, 0.3) is 5.91 Å². The number of hydrogen-bond acceptors (Lipinski definition) is 4. The second kappa shape index (κ2) is 7.62. The first-order valence-corrected chi connectivity index (χ1v) is 12.7. The van der Waals surface area contributed by atoms with Gasteiger partial charge in [0.15, 0.2) is 5.97 Å². The molecule has 2 bridgehead atoms. The summed E-state index contributed by atoms with van der Waals surface area (Å²) in [5.74, 6) is 0.297. The molecule has 8 heteroatoms. The summed E-state index contributed by atoms with van der Waals surface area (Å²) in [6.07, 6.45) is 0.00513. The molecule has 2 unspecified atom stereocenters. The number of amides is 1. The molecule has 38 heavy (non-hydrogen) atoms. The van der Waals surface area contributed by atoms with Crippen LogP contribution >= 0.6 is 0 Å². The van der Waals surface area contributed by atoms with Crippen molar-refractivity contribution in [3.8, 4) is 0 Å². The van der Waals surface area contributed by atoms with Crippen LogP contribution < -0.4 is 0 Å². The Morgan fingerprint density at radius 1 is 1.05 bits per heavy atom. The number of carbonyl (C=O) groups is 2. The van der Waals surface area contributed by atoms with Gasteiger partial charge in [-0.25, -0.2) is 5.92 Å². The third kappa shape index (κ3) is 2.63. The number of methoxy groups -OCH3 is 1. The number of rotatable bonds is 1. The topological polar surface area (TPSA) is 65.7 Å². The average molecular weight is 581 g/mol. The maximum absolute atomic E-state index is 13.7. The van der Waals surface area contributed by atoms with Crippen molar-refractivity contribution in [3.05, 3.63) is 64.6 Å². The normalized spacial score (nSPS) is 21.7. The van der Waals surface area contributed by atoms with E-state index in [1.165, 1.54) is 7.11 Å². The van der Waals surface area contributed by atoms with Crippen molar-refractivity contribution in [3.63, 3.8) is 0 Å². The average Bonchev–Trinajstić information content (AvgIpc) is 3.55. The Morgan fingerprint density at radius 2 is 1.71 bits per heavy atom. The summed E-state index contributed by atoms with van der Waals surface area (Å²) >= 11 is 0. The second-order valence-electron chi connectivity index (χ2n) is 10.9. The van der Waals surface area contributed by atoms with Crippen molar-refractivity contribution in [1.29, 1.82) is 0 Å². The van der Waals surface area contributed by atoms with Crippen LogP contribution in [0.3, 0.4) is 0 Å². The van der Waals surface area contributed by atoms with Gasteiger partial charge in [-0.05, 0) is 50.6 Å². The van der Waals surface area contributed by atoms with E-state index in [9.17, 15) is 9.59 Å². The van der Waals surface area contributed by atoms with Crippen molar-refractivity contribution in [2.24, 2.45) is 0 Å². The molecule has 3 aliphatic rings. The molecule has 2 aromatic heterocycles. The third-order valence-electron chi connectivity index (χ3n) is 8.77. The Balaban J connectivity index is 0.00000242. The summed E-state index contributed by atoms with van der Waals surface area (Å²) in [7, 11) is 3.30. The summed E-state index contributed by atoms with van der Waals surface area (Å²) in [5.41, 5.74) is 7.08. The minimum atomic E-state index is -1.03.